The summed E-state index contributed by atoms with van der Waals surface area (Å²) in [4.78, 5) is 0. The molecule has 0 aliphatic heterocycles. The van der Waals surface area contributed by atoms with Crippen molar-refractivity contribution in [2.75, 3.05) is 5.73 Å². The summed E-state index contributed by atoms with van der Waals surface area (Å²) in [6.45, 7) is 0. The van der Waals surface area contributed by atoms with Crippen LogP contribution in [0, 0.1) is 0 Å². The first kappa shape index (κ1) is 11.3. The largest absolute Gasteiger partial charge is 0.416 e. The number of halogens is 3. The molecule has 1 aliphatic carbocycles. The second kappa shape index (κ2) is 4.00. The van der Waals surface area contributed by atoms with Crippen LogP contribution in [0.4, 0.5) is 18.9 Å². The van der Waals surface area contributed by atoms with Gasteiger partial charge in [0, 0.05) is 5.69 Å². The SMILES string of the molecule is Nc1cc(C(F)(F)F)cc2c1CCCCC2. The fourth-order valence-electron chi connectivity index (χ4n) is 2.24. The van der Waals surface area contributed by atoms with Gasteiger partial charge in [-0.25, -0.2) is 0 Å². The Hall–Kier alpha value is -1.19. The Labute approximate surface area is 92.5 Å². The van der Waals surface area contributed by atoms with Gasteiger partial charge in [-0.3, -0.25) is 0 Å². The maximum Gasteiger partial charge on any atom is 0.416 e. The van der Waals surface area contributed by atoms with Gasteiger partial charge >= 0.3 is 6.18 Å². The number of aryl methyl sites for hydroxylation is 1. The third-order valence-electron chi connectivity index (χ3n) is 3.08. The second-order valence-corrected chi connectivity index (χ2v) is 4.26. The average Bonchev–Trinajstić information content (AvgIpc) is 2.41. The van der Waals surface area contributed by atoms with Gasteiger partial charge in [0.15, 0.2) is 0 Å². The lowest BCUT2D eigenvalue weighted by Gasteiger charge is -2.14. The highest BCUT2D eigenvalue weighted by molar-refractivity contribution is 5.54. The summed E-state index contributed by atoms with van der Waals surface area (Å²) < 4.78 is 37.8. The molecule has 0 spiro atoms. The third-order valence-corrected chi connectivity index (χ3v) is 3.08. The maximum absolute atomic E-state index is 12.6. The van der Waals surface area contributed by atoms with Crippen molar-refractivity contribution in [2.45, 2.75) is 38.3 Å². The van der Waals surface area contributed by atoms with Crippen LogP contribution in [0.25, 0.3) is 0 Å². The van der Waals surface area contributed by atoms with Gasteiger partial charge in [0.05, 0.1) is 5.56 Å². The van der Waals surface area contributed by atoms with Crippen LogP contribution in [0.5, 0.6) is 0 Å². The maximum atomic E-state index is 12.6. The van der Waals surface area contributed by atoms with Crippen LogP contribution in [0.1, 0.15) is 36.0 Å². The Morgan fingerprint density at radius 1 is 1.00 bits per heavy atom. The summed E-state index contributed by atoms with van der Waals surface area (Å²) in [6.07, 6.45) is 0.254. The lowest BCUT2D eigenvalue weighted by molar-refractivity contribution is -0.137. The molecule has 1 nitrogen and oxygen atoms in total. The van der Waals surface area contributed by atoms with Crippen LogP contribution < -0.4 is 5.73 Å². The van der Waals surface area contributed by atoms with E-state index < -0.39 is 11.7 Å². The highest BCUT2D eigenvalue weighted by Crippen LogP contribution is 2.35. The molecule has 4 heteroatoms. The van der Waals surface area contributed by atoms with Gasteiger partial charge in [-0.15, -0.1) is 0 Å². The molecule has 0 unspecified atom stereocenters. The summed E-state index contributed by atoms with van der Waals surface area (Å²) >= 11 is 0. The molecule has 0 aromatic heterocycles. The number of nitrogens with two attached hydrogens (primary N) is 1. The van der Waals surface area contributed by atoms with Gasteiger partial charge in [0.2, 0.25) is 0 Å². The molecule has 1 aliphatic rings. The van der Waals surface area contributed by atoms with Crippen molar-refractivity contribution in [1.29, 1.82) is 0 Å². The molecule has 0 atom stereocenters. The first-order chi connectivity index (χ1) is 7.48. The summed E-state index contributed by atoms with van der Waals surface area (Å²) in [5.74, 6) is 0. The molecular weight excluding hydrogens is 215 g/mol. The zero-order valence-corrected chi connectivity index (χ0v) is 8.90. The van der Waals surface area contributed by atoms with E-state index in [-0.39, 0.29) is 0 Å². The molecule has 16 heavy (non-hydrogen) atoms. The van der Waals surface area contributed by atoms with Crippen LogP contribution in [0.15, 0.2) is 12.1 Å². The lowest BCUT2D eigenvalue weighted by atomic mass is 9.98. The van der Waals surface area contributed by atoms with Crippen LogP contribution in [-0.4, -0.2) is 0 Å². The highest BCUT2D eigenvalue weighted by atomic mass is 19.4. The minimum Gasteiger partial charge on any atom is -0.398 e. The predicted octanol–water partition coefficient (Wildman–Crippen LogP) is 3.56. The van der Waals surface area contributed by atoms with Crippen LogP contribution >= 0.6 is 0 Å². The number of anilines is 1. The van der Waals surface area contributed by atoms with E-state index in [9.17, 15) is 13.2 Å². The number of fused-ring (bicyclic) bond motifs is 1. The summed E-state index contributed by atoms with van der Waals surface area (Å²) in [5, 5.41) is 0. The van der Waals surface area contributed by atoms with Crippen molar-refractivity contribution in [3.8, 4) is 0 Å². The number of alkyl halides is 3. The lowest BCUT2D eigenvalue weighted by Crippen LogP contribution is -2.09. The molecule has 0 fully saturated rings. The van der Waals surface area contributed by atoms with Crippen molar-refractivity contribution >= 4 is 5.69 Å². The normalized spacial score (nSPS) is 16.7. The molecule has 1 aromatic rings. The van der Waals surface area contributed by atoms with E-state index in [0.29, 0.717) is 12.1 Å². The molecule has 2 rings (SSSR count). The molecule has 88 valence electrons. The van der Waals surface area contributed by atoms with Gasteiger partial charge in [0.1, 0.15) is 0 Å². The fraction of sp³-hybridized carbons (Fsp3) is 0.500. The Morgan fingerprint density at radius 3 is 2.38 bits per heavy atom. The zero-order valence-electron chi connectivity index (χ0n) is 8.90. The van der Waals surface area contributed by atoms with E-state index in [1.54, 1.807) is 0 Å². The van der Waals surface area contributed by atoms with Crippen molar-refractivity contribution < 1.29 is 13.2 Å². The minimum atomic E-state index is -4.30. The average molecular weight is 229 g/mol. The predicted molar refractivity (Wildman–Crippen MR) is 57.1 cm³/mol. The Balaban J connectivity index is 2.48. The van der Waals surface area contributed by atoms with E-state index in [0.717, 1.165) is 42.9 Å². The van der Waals surface area contributed by atoms with Crippen LogP contribution in [0.3, 0.4) is 0 Å². The molecule has 0 heterocycles. The topological polar surface area (TPSA) is 26.0 Å². The third kappa shape index (κ3) is 2.15. The van der Waals surface area contributed by atoms with Gasteiger partial charge in [-0.05, 0) is 48.9 Å². The van der Waals surface area contributed by atoms with E-state index in [1.165, 1.54) is 6.07 Å². The van der Waals surface area contributed by atoms with Crippen LogP contribution in [-0.2, 0) is 19.0 Å². The molecule has 2 N–H and O–H groups in total. The second-order valence-electron chi connectivity index (χ2n) is 4.26. The smallest absolute Gasteiger partial charge is 0.398 e. The van der Waals surface area contributed by atoms with E-state index >= 15 is 0 Å². The van der Waals surface area contributed by atoms with Crippen molar-refractivity contribution in [2.24, 2.45) is 0 Å². The number of benzene rings is 1. The number of rotatable bonds is 0. The summed E-state index contributed by atoms with van der Waals surface area (Å²) in [5.41, 5.74) is 7.09. The van der Waals surface area contributed by atoms with Crippen LogP contribution in [0.2, 0.25) is 0 Å². The number of hydrogen-bond acceptors (Lipinski definition) is 1. The number of nitrogen functional groups attached to an aromatic ring is 1. The summed E-state index contributed by atoms with van der Waals surface area (Å²) in [7, 11) is 0. The molecule has 0 saturated carbocycles. The molecule has 0 bridgehead atoms. The number of hydrogen-bond donors (Lipinski definition) is 1. The standard InChI is InChI=1S/C12H14F3N/c13-12(14,15)9-6-8-4-2-1-3-5-10(8)11(16)7-9/h6-7H,1-5,16H2. The minimum absolute atomic E-state index is 0.298. The fourth-order valence-corrected chi connectivity index (χ4v) is 2.24. The van der Waals surface area contributed by atoms with Crippen molar-refractivity contribution in [3.63, 3.8) is 0 Å². The molecule has 0 radical (unpaired) electrons. The molecular formula is C12H14F3N. The Bertz CT molecular complexity index is 396. The monoisotopic (exact) mass is 229 g/mol. The molecule has 0 amide bonds. The van der Waals surface area contributed by atoms with Gasteiger partial charge in [-0.1, -0.05) is 6.42 Å². The van der Waals surface area contributed by atoms with E-state index in [1.807, 2.05) is 0 Å². The van der Waals surface area contributed by atoms with E-state index in [2.05, 4.69) is 0 Å². The van der Waals surface area contributed by atoms with Crippen molar-refractivity contribution in [1.82, 2.24) is 0 Å². The van der Waals surface area contributed by atoms with Gasteiger partial charge < -0.3 is 5.73 Å². The highest BCUT2D eigenvalue weighted by Gasteiger charge is 2.32. The Morgan fingerprint density at radius 2 is 1.69 bits per heavy atom. The first-order valence-corrected chi connectivity index (χ1v) is 5.47. The first-order valence-electron chi connectivity index (χ1n) is 5.47. The van der Waals surface area contributed by atoms with Crippen molar-refractivity contribution in [3.05, 3.63) is 28.8 Å². The zero-order chi connectivity index (χ0) is 11.8. The Kier molecular flexibility index (Phi) is 2.82. The molecule has 1 aromatic carbocycles. The quantitative estimate of drug-likeness (QED) is 0.534. The van der Waals surface area contributed by atoms with E-state index in [4.69, 9.17) is 5.73 Å². The van der Waals surface area contributed by atoms with Gasteiger partial charge in [-0.2, -0.15) is 13.2 Å². The summed E-state index contributed by atoms with van der Waals surface area (Å²) in [6, 6.07) is 2.32. The van der Waals surface area contributed by atoms with Gasteiger partial charge in [0.25, 0.3) is 0 Å². The molecule has 0 saturated heterocycles.